The van der Waals surface area contributed by atoms with Crippen LogP contribution in [0, 0.1) is 12.8 Å². The van der Waals surface area contributed by atoms with Gasteiger partial charge in [0.05, 0.1) is 23.4 Å². The van der Waals surface area contributed by atoms with Crippen molar-refractivity contribution in [3.63, 3.8) is 0 Å². The number of hydrogen-bond acceptors (Lipinski definition) is 7. The Labute approximate surface area is 176 Å². The molecule has 4 rings (SSSR count). The largest absolute Gasteiger partial charge is 0.466 e. The molecule has 1 unspecified atom stereocenters. The number of carbonyl (C=O) groups is 1. The Kier molecular flexibility index (Phi) is 6.07. The van der Waals surface area contributed by atoms with E-state index in [-0.39, 0.29) is 11.9 Å². The van der Waals surface area contributed by atoms with Crippen LogP contribution in [0.1, 0.15) is 30.9 Å². The van der Waals surface area contributed by atoms with Gasteiger partial charge in [0.1, 0.15) is 5.82 Å². The molecule has 1 saturated heterocycles. The monoisotopic (exact) mass is 405 g/mol. The molecule has 7 heteroatoms. The number of ether oxygens (including phenoxy) is 1. The average Bonchev–Trinajstić information content (AvgIpc) is 2.78. The first kappa shape index (κ1) is 20.1. The lowest BCUT2D eigenvalue weighted by molar-refractivity contribution is -0.148. The summed E-state index contributed by atoms with van der Waals surface area (Å²) in [6.45, 7) is 6.46. The van der Waals surface area contributed by atoms with E-state index < -0.39 is 0 Å². The lowest BCUT2D eigenvalue weighted by Crippen LogP contribution is -2.40. The van der Waals surface area contributed by atoms with Crippen LogP contribution in [0.4, 0.5) is 11.8 Å². The molecule has 1 N–H and O–H groups in total. The fourth-order valence-electron chi connectivity index (χ4n) is 3.79. The van der Waals surface area contributed by atoms with Crippen molar-refractivity contribution in [2.24, 2.45) is 5.92 Å². The first-order chi connectivity index (χ1) is 14.6. The van der Waals surface area contributed by atoms with Gasteiger partial charge in [0.15, 0.2) is 0 Å². The van der Waals surface area contributed by atoms with Crippen molar-refractivity contribution in [1.82, 2.24) is 15.0 Å². The van der Waals surface area contributed by atoms with E-state index in [1.54, 1.807) is 6.20 Å². The molecule has 0 bridgehead atoms. The van der Waals surface area contributed by atoms with Crippen LogP contribution < -0.4 is 10.2 Å². The minimum atomic E-state index is -0.124. The standard InChI is InChI=1S/C23H27N5O2/c1-3-30-22(29)18-5-4-12-28(15-18)21-19-14-26-23(27-20(19)10-11-24-21)25-13-17-8-6-16(2)7-9-17/h6-11,14,18H,3-5,12-13,15H2,1-2H3,(H,25,26,27). The van der Waals surface area contributed by atoms with Gasteiger partial charge in [-0.15, -0.1) is 0 Å². The van der Waals surface area contributed by atoms with Crippen LogP contribution in [-0.4, -0.2) is 40.6 Å². The van der Waals surface area contributed by atoms with E-state index in [9.17, 15) is 4.79 Å². The predicted octanol–water partition coefficient (Wildman–Crippen LogP) is 3.72. The number of hydrogen-bond donors (Lipinski definition) is 1. The zero-order chi connectivity index (χ0) is 20.9. The van der Waals surface area contributed by atoms with Gasteiger partial charge in [0.25, 0.3) is 0 Å². The lowest BCUT2D eigenvalue weighted by Gasteiger charge is -2.32. The maximum absolute atomic E-state index is 12.2. The van der Waals surface area contributed by atoms with Gasteiger partial charge in [0.2, 0.25) is 5.95 Å². The molecule has 3 heterocycles. The van der Waals surface area contributed by atoms with Crippen LogP contribution in [0.3, 0.4) is 0 Å². The molecule has 1 aliphatic rings. The second kappa shape index (κ2) is 9.07. The van der Waals surface area contributed by atoms with Gasteiger partial charge in [-0.05, 0) is 38.3 Å². The first-order valence-corrected chi connectivity index (χ1v) is 10.5. The Balaban J connectivity index is 1.51. The van der Waals surface area contributed by atoms with Gasteiger partial charge in [-0.3, -0.25) is 4.79 Å². The number of carbonyl (C=O) groups excluding carboxylic acids is 1. The van der Waals surface area contributed by atoms with Crippen molar-refractivity contribution < 1.29 is 9.53 Å². The van der Waals surface area contributed by atoms with Gasteiger partial charge in [0, 0.05) is 32.0 Å². The number of rotatable bonds is 6. The molecule has 1 aromatic carbocycles. The lowest BCUT2D eigenvalue weighted by atomic mass is 9.98. The molecule has 0 spiro atoms. The minimum Gasteiger partial charge on any atom is -0.466 e. The van der Waals surface area contributed by atoms with Gasteiger partial charge in [-0.1, -0.05) is 29.8 Å². The summed E-state index contributed by atoms with van der Waals surface area (Å²) in [5.74, 6) is 1.17. The SMILES string of the molecule is CCOC(=O)C1CCCN(c2nccc3nc(NCc4ccc(C)cc4)ncc23)C1. The Bertz CT molecular complexity index is 1020. The average molecular weight is 406 g/mol. The van der Waals surface area contributed by atoms with E-state index in [2.05, 4.69) is 56.4 Å². The molecule has 30 heavy (non-hydrogen) atoms. The summed E-state index contributed by atoms with van der Waals surface area (Å²) in [4.78, 5) is 28.1. The third-order valence-electron chi connectivity index (χ3n) is 5.40. The number of pyridine rings is 1. The van der Waals surface area contributed by atoms with Crippen molar-refractivity contribution in [3.05, 3.63) is 53.9 Å². The van der Waals surface area contributed by atoms with Crippen LogP contribution in [0.5, 0.6) is 0 Å². The zero-order valence-corrected chi connectivity index (χ0v) is 17.5. The van der Waals surface area contributed by atoms with Crippen molar-refractivity contribution >= 4 is 28.6 Å². The molecule has 0 radical (unpaired) electrons. The fraction of sp³-hybridized carbons (Fsp3) is 0.391. The highest BCUT2D eigenvalue weighted by Crippen LogP contribution is 2.28. The van der Waals surface area contributed by atoms with Crippen molar-refractivity contribution in [3.8, 4) is 0 Å². The molecule has 2 aromatic heterocycles. The molecule has 0 aliphatic carbocycles. The fourth-order valence-corrected chi connectivity index (χ4v) is 3.79. The number of aryl methyl sites for hydroxylation is 1. The molecule has 0 saturated carbocycles. The Morgan fingerprint density at radius 1 is 1.23 bits per heavy atom. The predicted molar refractivity (Wildman–Crippen MR) is 117 cm³/mol. The smallest absolute Gasteiger partial charge is 0.310 e. The Morgan fingerprint density at radius 3 is 2.87 bits per heavy atom. The summed E-state index contributed by atoms with van der Waals surface area (Å²) in [7, 11) is 0. The second-order valence-corrected chi connectivity index (χ2v) is 7.64. The second-order valence-electron chi connectivity index (χ2n) is 7.64. The maximum Gasteiger partial charge on any atom is 0.310 e. The van der Waals surface area contributed by atoms with Crippen LogP contribution in [-0.2, 0) is 16.1 Å². The molecule has 0 amide bonds. The van der Waals surface area contributed by atoms with E-state index in [4.69, 9.17) is 4.74 Å². The Morgan fingerprint density at radius 2 is 2.07 bits per heavy atom. The summed E-state index contributed by atoms with van der Waals surface area (Å²) < 4.78 is 5.22. The van der Waals surface area contributed by atoms with Crippen LogP contribution in [0.25, 0.3) is 10.9 Å². The molecular formula is C23H27N5O2. The van der Waals surface area contributed by atoms with E-state index >= 15 is 0 Å². The topological polar surface area (TPSA) is 80.2 Å². The zero-order valence-electron chi connectivity index (χ0n) is 17.5. The number of aromatic nitrogens is 3. The van der Waals surface area contributed by atoms with Crippen LogP contribution in [0.2, 0.25) is 0 Å². The number of benzene rings is 1. The van der Waals surface area contributed by atoms with Crippen LogP contribution >= 0.6 is 0 Å². The molecular weight excluding hydrogens is 378 g/mol. The number of nitrogens with one attached hydrogen (secondary N) is 1. The maximum atomic E-state index is 12.2. The quantitative estimate of drug-likeness (QED) is 0.626. The van der Waals surface area contributed by atoms with Gasteiger partial charge in [-0.25, -0.2) is 15.0 Å². The number of fused-ring (bicyclic) bond motifs is 1. The summed E-state index contributed by atoms with van der Waals surface area (Å²) >= 11 is 0. The number of esters is 1. The molecule has 1 atom stereocenters. The van der Waals surface area contributed by atoms with E-state index in [0.717, 1.165) is 36.1 Å². The number of nitrogens with zero attached hydrogens (tertiary/aromatic N) is 4. The van der Waals surface area contributed by atoms with Gasteiger partial charge >= 0.3 is 5.97 Å². The van der Waals surface area contributed by atoms with Gasteiger partial charge in [-0.2, -0.15) is 0 Å². The minimum absolute atomic E-state index is 0.118. The normalized spacial score (nSPS) is 16.5. The highest BCUT2D eigenvalue weighted by molar-refractivity contribution is 5.89. The summed E-state index contributed by atoms with van der Waals surface area (Å²) in [5.41, 5.74) is 3.25. The molecule has 1 fully saturated rings. The van der Waals surface area contributed by atoms with E-state index in [1.165, 1.54) is 11.1 Å². The highest BCUT2D eigenvalue weighted by Gasteiger charge is 2.28. The first-order valence-electron chi connectivity index (χ1n) is 10.5. The van der Waals surface area contributed by atoms with E-state index in [1.807, 2.05) is 19.2 Å². The summed E-state index contributed by atoms with van der Waals surface area (Å²) in [6.07, 6.45) is 5.36. The van der Waals surface area contributed by atoms with Crippen molar-refractivity contribution in [2.45, 2.75) is 33.2 Å². The van der Waals surface area contributed by atoms with E-state index in [0.29, 0.717) is 25.6 Å². The summed E-state index contributed by atoms with van der Waals surface area (Å²) in [6, 6.07) is 10.3. The molecule has 3 aromatic rings. The molecule has 1 aliphatic heterocycles. The third-order valence-corrected chi connectivity index (χ3v) is 5.40. The van der Waals surface area contributed by atoms with Gasteiger partial charge < -0.3 is 15.0 Å². The highest BCUT2D eigenvalue weighted by atomic mass is 16.5. The molecule has 156 valence electrons. The third kappa shape index (κ3) is 4.50. The number of piperidine rings is 1. The number of anilines is 2. The van der Waals surface area contributed by atoms with Crippen molar-refractivity contribution in [2.75, 3.05) is 29.9 Å². The Hall–Kier alpha value is -3.22. The summed E-state index contributed by atoms with van der Waals surface area (Å²) in [5, 5.41) is 4.18. The van der Waals surface area contributed by atoms with Crippen molar-refractivity contribution in [1.29, 1.82) is 0 Å². The molecule has 7 nitrogen and oxygen atoms in total. The van der Waals surface area contributed by atoms with Crippen LogP contribution in [0.15, 0.2) is 42.7 Å².